The molecule has 3 unspecified atom stereocenters. The number of aryl methyl sites for hydroxylation is 1. The Balaban J connectivity index is 1.45. The number of thioether (sulfide) groups is 1. The Kier molecular flexibility index (Phi) is 7.11. The van der Waals surface area contributed by atoms with Crippen LogP contribution in [0.25, 0.3) is 0 Å². The van der Waals surface area contributed by atoms with Gasteiger partial charge in [0.05, 0.1) is 18.8 Å². The summed E-state index contributed by atoms with van der Waals surface area (Å²) in [7, 11) is 0. The van der Waals surface area contributed by atoms with Crippen LogP contribution in [-0.4, -0.2) is 29.5 Å². The van der Waals surface area contributed by atoms with Crippen LogP contribution in [0, 0.1) is 0 Å². The van der Waals surface area contributed by atoms with E-state index in [-0.39, 0.29) is 17.6 Å². The molecule has 2 aliphatic heterocycles. The summed E-state index contributed by atoms with van der Waals surface area (Å²) in [5.41, 5.74) is 6.99. The summed E-state index contributed by atoms with van der Waals surface area (Å²) >= 11 is 1.70. The van der Waals surface area contributed by atoms with Crippen molar-refractivity contribution < 1.29 is 14.6 Å². The van der Waals surface area contributed by atoms with Crippen molar-refractivity contribution in [2.24, 2.45) is 0 Å². The van der Waals surface area contributed by atoms with Gasteiger partial charge in [0.1, 0.15) is 11.2 Å². The van der Waals surface area contributed by atoms with Gasteiger partial charge in [-0.25, -0.2) is 0 Å². The number of benzene rings is 2. The second-order valence-corrected chi connectivity index (χ2v) is 10.8. The van der Waals surface area contributed by atoms with Crippen molar-refractivity contribution in [3.63, 3.8) is 0 Å². The van der Waals surface area contributed by atoms with E-state index < -0.39 is 0 Å². The second kappa shape index (κ2) is 10.2. The maximum Gasteiger partial charge on any atom is 0.122 e. The van der Waals surface area contributed by atoms with Gasteiger partial charge in [-0.3, -0.25) is 0 Å². The fourth-order valence-corrected chi connectivity index (χ4v) is 6.40. The number of hydrogen-bond acceptors (Lipinski definition) is 4. The number of hydrogen-bond donors (Lipinski definition) is 1. The van der Waals surface area contributed by atoms with Gasteiger partial charge in [0.25, 0.3) is 0 Å². The molecule has 0 bridgehead atoms. The van der Waals surface area contributed by atoms with Crippen LogP contribution < -0.4 is 4.74 Å². The fourth-order valence-electron chi connectivity index (χ4n) is 5.74. The third kappa shape index (κ3) is 5.03. The zero-order chi connectivity index (χ0) is 21.9. The summed E-state index contributed by atoms with van der Waals surface area (Å²) < 4.78 is 12.3. The maximum atomic E-state index is 10.4. The minimum Gasteiger partial charge on any atom is -0.493 e. The molecule has 1 saturated carbocycles. The van der Waals surface area contributed by atoms with Gasteiger partial charge in [0.15, 0.2) is 0 Å². The average molecular weight is 453 g/mol. The molecule has 2 fully saturated rings. The van der Waals surface area contributed by atoms with Crippen molar-refractivity contribution in [1.29, 1.82) is 0 Å². The normalized spacial score (nSPS) is 26.4. The van der Waals surface area contributed by atoms with Crippen LogP contribution in [0.15, 0.2) is 36.4 Å². The molecule has 32 heavy (non-hydrogen) atoms. The summed E-state index contributed by atoms with van der Waals surface area (Å²) in [5, 5.41) is 10.4. The summed E-state index contributed by atoms with van der Waals surface area (Å²) in [6.07, 6.45) is 12.9. The summed E-state index contributed by atoms with van der Waals surface area (Å²) in [6, 6.07) is 13.8. The molecule has 3 nitrogen and oxygen atoms in total. The number of ether oxygens (including phenoxy) is 2. The third-order valence-corrected chi connectivity index (χ3v) is 8.31. The highest BCUT2D eigenvalue weighted by Crippen LogP contribution is 2.40. The van der Waals surface area contributed by atoms with Crippen LogP contribution in [0.4, 0.5) is 0 Å². The smallest absolute Gasteiger partial charge is 0.122 e. The van der Waals surface area contributed by atoms with Gasteiger partial charge in [-0.1, -0.05) is 43.2 Å². The Morgan fingerprint density at radius 2 is 1.88 bits per heavy atom. The number of rotatable bonds is 5. The minimum absolute atomic E-state index is 0.0203. The van der Waals surface area contributed by atoms with E-state index in [0.29, 0.717) is 12.3 Å². The Morgan fingerprint density at radius 3 is 2.72 bits per heavy atom. The maximum absolute atomic E-state index is 10.4. The van der Waals surface area contributed by atoms with Crippen molar-refractivity contribution >= 4 is 11.8 Å². The molecule has 4 heteroatoms. The Morgan fingerprint density at radius 1 is 1.00 bits per heavy atom. The fraction of sp³-hybridized carbons (Fsp3) is 0.571. The first-order valence-electron chi connectivity index (χ1n) is 12.4. The van der Waals surface area contributed by atoms with E-state index in [0.717, 1.165) is 38.0 Å². The zero-order valence-electron chi connectivity index (χ0n) is 19.2. The molecule has 2 heterocycles. The van der Waals surface area contributed by atoms with Crippen molar-refractivity contribution in [3.05, 3.63) is 64.2 Å². The quantitative estimate of drug-likeness (QED) is 0.558. The van der Waals surface area contributed by atoms with Gasteiger partial charge in [0, 0.05) is 12.8 Å². The molecule has 2 aromatic rings. The molecule has 5 rings (SSSR count). The van der Waals surface area contributed by atoms with Gasteiger partial charge < -0.3 is 14.6 Å². The van der Waals surface area contributed by atoms with Crippen molar-refractivity contribution in [2.75, 3.05) is 12.9 Å². The van der Waals surface area contributed by atoms with Crippen LogP contribution in [0.5, 0.6) is 5.75 Å². The van der Waals surface area contributed by atoms with E-state index in [1.165, 1.54) is 59.9 Å². The lowest BCUT2D eigenvalue weighted by Crippen LogP contribution is -2.29. The lowest BCUT2D eigenvalue weighted by Gasteiger charge is -2.33. The zero-order valence-corrected chi connectivity index (χ0v) is 20.0. The minimum atomic E-state index is -0.284. The monoisotopic (exact) mass is 452 g/mol. The van der Waals surface area contributed by atoms with Crippen LogP contribution in [0.2, 0.25) is 0 Å². The topological polar surface area (TPSA) is 38.7 Å². The van der Waals surface area contributed by atoms with Gasteiger partial charge in [-0.2, -0.15) is 0 Å². The van der Waals surface area contributed by atoms with Crippen molar-refractivity contribution in [2.45, 2.75) is 87.8 Å². The Labute approximate surface area is 196 Å². The van der Waals surface area contributed by atoms with Gasteiger partial charge in [-0.05, 0) is 84.6 Å². The Bertz CT molecular complexity index is 921. The van der Waals surface area contributed by atoms with E-state index in [9.17, 15) is 5.11 Å². The van der Waals surface area contributed by atoms with E-state index in [1.54, 1.807) is 11.8 Å². The molecular formula is C28H36O3S. The molecular weight excluding hydrogens is 416 g/mol. The van der Waals surface area contributed by atoms with Crippen LogP contribution in [0.1, 0.15) is 91.2 Å². The SMILES string of the molecule is CSC1CC(O)CC(c2ccc(C3CCCC3)c(Cc3ccc4c(c3)CCCCO4)c2)O1. The summed E-state index contributed by atoms with van der Waals surface area (Å²) in [4.78, 5) is 0. The van der Waals surface area contributed by atoms with Gasteiger partial charge in [0.2, 0.25) is 0 Å². The predicted octanol–water partition coefficient (Wildman–Crippen LogP) is 6.55. The standard InChI is InChI=1S/C28H36O3S/c1-32-28-18-24(29)17-27(31-28)22-10-11-25(20-6-2-3-7-20)23(16-22)15-19-9-12-26-21(14-19)8-4-5-13-30-26/h9-12,14,16,20,24,27-29H,2-8,13,15,17-18H2,1H3. The van der Waals surface area contributed by atoms with Crippen molar-refractivity contribution in [3.8, 4) is 5.75 Å². The van der Waals surface area contributed by atoms with E-state index in [2.05, 4.69) is 42.7 Å². The summed E-state index contributed by atoms with van der Waals surface area (Å²) in [5.74, 6) is 1.75. The molecule has 0 amide bonds. The molecule has 0 spiro atoms. The molecule has 3 atom stereocenters. The van der Waals surface area contributed by atoms with Crippen LogP contribution in [-0.2, 0) is 17.6 Å². The first kappa shape index (κ1) is 22.3. The largest absolute Gasteiger partial charge is 0.493 e. The molecule has 0 radical (unpaired) electrons. The second-order valence-electron chi connectivity index (χ2n) is 9.78. The van der Waals surface area contributed by atoms with E-state index in [4.69, 9.17) is 9.47 Å². The highest BCUT2D eigenvalue weighted by Gasteiger charge is 2.30. The highest BCUT2D eigenvalue weighted by molar-refractivity contribution is 7.99. The number of aliphatic hydroxyl groups is 1. The van der Waals surface area contributed by atoms with E-state index >= 15 is 0 Å². The molecule has 2 aromatic carbocycles. The number of aliphatic hydroxyl groups excluding tert-OH is 1. The highest BCUT2D eigenvalue weighted by atomic mass is 32.2. The lowest BCUT2D eigenvalue weighted by atomic mass is 9.86. The number of fused-ring (bicyclic) bond motifs is 1. The van der Waals surface area contributed by atoms with Crippen LogP contribution >= 0.6 is 11.8 Å². The molecule has 0 aromatic heterocycles. The average Bonchev–Trinajstić information content (AvgIpc) is 3.24. The molecule has 172 valence electrons. The first-order chi connectivity index (χ1) is 15.7. The van der Waals surface area contributed by atoms with Gasteiger partial charge >= 0.3 is 0 Å². The predicted molar refractivity (Wildman–Crippen MR) is 132 cm³/mol. The lowest BCUT2D eigenvalue weighted by molar-refractivity contribution is -0.0605. The molecule has 1 saturated heterocycles. The third-order valence-electron chi connectivity index (χ3n) is 7.48. The Hall–Kier alpha value is -1.49. The summed E-state index contributed by atoms with van der Waals surface area (Å²) in [6.45, 7) is 0.838. The van der Waals surface area contributed by atoms with Crippen molar-refractivity contribution in [1.82, 2.24) is 0 Å². The molecule has 3 aliphatic rings. The first-order valence-corrected chi connectivity index (χ1v) is 13.7. The molecule has 1 N–H and O–H groups in total. The van der Waals surface area contributed by atoms with Crippen LogP contribution in [0.3, 0.4) is 0 Å². The molecule has 1 aliphatic carbocycles. The van der Waals surface area contributed by atoms with E-state index in [1.807, 2.05) is 0 Å². The van der Waals surface area contributed by atoms with Gasteiger partial charge in [-0.15, -0.1) is 11.8 Å².